The van der Waals surface area contributed by atoms with E-state index in [1.54, 1.807) is 6.20 Å². The van der Waals surface area contributed by atoms with Crippen molar-refractivity contribution in [3.05, 3.63) is 100 Å². The molecule has 4 aromatic rings. The van der Waals surface area contributed by atoms with Gasteiger partial charge in [-0.3, -0.25) is 4.90 Å². The normalized spacial score (nSPS) is 14.0. The first-order chi connectivity index (χ1) is 17.3. The number of imidazole rings is 1. The number of nitrogens with one attached hydrogen (secondary N) is 1. The monoisotopic (exact) mass is 507 g/mol. The van der Waals surface area contributed by atoms with Crippen molar-refractivity contribution < 1.29 is 18.7 Å². The third-order valence-electron chi connectivity index (χ3n) is 6.52. The molecule has 0 unspecified atom stereocenters. The number of nitrogens with zero attached hydrogens (tertiary/aromatic N) is 2. The average Bonchev–Trinajstić information content (AvgIpc) is 3.36. The van der Waals surface area contributed by atoms with Crippen molar-refractivity contribution >= 4 is 17.6 Å². The van der Waals surface area contributed by atoms with E-state index in [4.69, 9.17) is 16.7 Å². The molecule has 0 aliphatic carbocycles. The molecule has 1 aromatic heterocycles. The Hall–Kier alpha value is -3.55. The second-order valence-electron chi connectivity index (χ2n) is 9.03. The van der Waals surface area contributed by atoms with Crippen LogP contribution in [0.4, 0.5) is 8.78 Å². The summed E-state index contributed by atoms with van der Waals surface area (Å²) in [5.41, 5.74) is 7.01. The molecule has 0 spiro atoms. The zero-order chi connectivity index (χ0) is 25.3. The molecule has 0 fully saturated rings. The molecule has 2 heterocycles. The Morgan fingerprint density at radius 2 is 1.92 bits per heavy atom. The molecule has 0 saturated heterocycles. The van der Waals surface area contributed by atoms with Crippen LogP contribution in [0.3, 0.4) is 0 Å². The Balaban J connectivity index is 1.37. The standard InChI is InChI=1S/C28H24ClF2N3O2/c29-24-10-9-18(14-23(24)26-32-15-25(33-26)19-5-2-1-3-6-19)13-20-7-4-8-21-16-34(12-11-22(20)21)17-28(30,31)27(35)36/h1-10,14-15H,11-13,16-17H2,(H,32,33)(H,35,36). The lowest BCUT2D eigenvalue weighted by molar-refractivity contribution is -0.167. The van der Waals surface area contributed by atoms with Gasteiger partial charge in [-0.05, 0) is 52.8 Å². The minimum atomic E-state index is -3.76. The highest BCUT2D eigenvalue weighted by molar-refractivity contribution is 6.33. The number of carboxylic acids is 1. The molecule has 2 N–H and O–H groups in total. The van der Waals surface area contributed by atoms with Crippen LogP contribution in [0.1, 0.15) is 22.3 Å². The second-order valence-corrected chi connectivity index (χ2v) is 9.43. The van der Waals surface area contributed by atoms with Crippen LogP contribution >= 0.6 is 11.6 Å². The van der Waals surface area contributed by atoms with Gasteiger partial charge >= 0.3 is 11.9 Å². The van der Waals surface area contributed by atoms with Crippen molar-refractivity contribution in [1.29, 1.82) is 0 Å². The summed E-state index contributed by atoms with van der Waals surface area (Å²) in [6, 6.07) is 21.7. The summed E-state index contributed by atoms with van der Waals surface area (Å²) < 4.78 is 27.4. The molecule has 8 heteroatoms. The van der Waals surface area contributed by atoms with Crippen LogP contribution < -0.4 is 0 Å². The van der Waals surface area contributed by atoms with Crippen LogP contribution in [-0.2, 0) is 24.2 Å². The van der Waals surface area contributed by atoms with E-state index >= 15 is 0 Å². The molecule has 36 heavy (non-hydrogen) atoms. The Labute approximate surface area is 212 Å². The van der Waals surface area contributed by atoms with E-state index in [9.17, 15) is 13.6 Å². The Kier molecular flexibility index (Phi) is 6.60. The topological polar surface area (TPSA) is 69.2 Å². The van der Waals surface area contributed by atoms with E-state index in [0.29, 0.717) is 36.8 Å². The molecule has 0 radical (unpaired) electrons. The van der Waals surface area contributed by atoms with Gasteiger partial charge < -0.3 is 10.1 Å². The van der Waals surface area contributed by atoms with Crippen molar-refractivity contribution in [2.75, 3.05) is 13.1 Å². The molecule has 0 atom stereocenters. The van der Waals surface area contributed by atoms with E-state index < -0.39 is 18.4 Å². The van der Waals surface area contributed by atoms with Gasteiger partial charge in [0.05, 0.1) is 23.5 Å². The van der Waals surface area contributed by atoms with Crippen molar-refractivity contribution in [2.45, 2.75) is 25.3 Å². The zero-order valence-electron chi connectivity index (χ0n) is 19.3. The number of aromatic amines is 1. The highest BCUT2D eigenvalue weighted by atomic mass is 35.5. The maximum Gasteiger partial charge on any atom is 0.375 e. The zero-order valence-corrected chi connectivity index (χ0v) is 20.1. The highest BCUT2D eigenvalue weighted by Gasteiger charge is 2.41. The third-order valence-corrected chi connectivity index (χ3v) is 6.85. The molecule has 0 bridgehead atoms. The van der Waals surface area contributed by atoms with E-state index in [1.165, 1.54) is 4.90 Å². The summed E-state index contributed by atoms with van der Waals surface area (Å²) in [5.74, 6) is -5.17. The number of halogens is 3. The number of aliphatic carboxylic acids is 1. The van der Waals surface area contributed by atoms with Gasteiger partial charge in [0.25, 0.3) is 0 Å². The Morgan fingerprint density at radius 1 is 1.11 bits per heavy atom. The minimum Gasteiger partial charge on any atom is -0.477 e. The summed E-state index contributed by atoms with van der Waals surface area (Å²) in [4.78, 5) is 20.2. The van der Waals surface area contributed by atoms with Gasteiger partial charge in [0.2, 0.25) is 0 Å². The SMILES string of the molecule is O=C(O)C(F)(F)CN1CCc2c(Cc3ccc(Cl)c(-c4ncc(-c5ccccc5)[nH]4)c3)cccc2C1. The number of alkyl halides is 2. The van der Waals surface area contributed by atoms with Crippen LogP contribution in [0.25, 0.3) is 22.6 Å². The first-order valence-electron chi connectivity index (χ1n) is 11.6. The van der Waals surface area contributed by atoms with Gasteiger partial charge in [-0.1, -0.05) is 66.2 Å². The number of hydrogen-bond donors (Lipinski definition) is 2. The lowest BCUT2D eigenvalue weighted by atomic mass is 9.90. The molecular formula is C28H24ClF2N3O2. The fourth-order valence-electron chi connectivity index (χ4n) is 4.70. The predicted molar refractivity (Wildman–Crippen MR) is 135 cm³/mol. The van der Waals surface area contributed by atoms with Crippen molar-refractivity contribution in [1.82, 2.24) is 14.9 Å². The van der Waals surface area contributed by atoms with Gasteiger partial charge in [0.1, 0.15) is 5.82 Å². The quantitative estimate of drug-likeness (QED) is 0.319. The van der Waals surface area contributed by atoms with Gasteiger partial charge in [-0.25, -0.2) is 9.78 Å². The maximum absolute atomic E-state index is 13.7. The number of carbonyl (C=O) groups is 1. The molecule has 1 aliphatic heterocycles. The van der Waals surface area contributed by atoms with E-state index in [2.05, 4.69) is 16.0 Å². The molecule has 184 valence electrons. The van der Waals surface area contributed by atoms with E-state index in [-0.39, 0.29) is 0 Å². The molecule has 3 aromatic carbocycles. The number of hydrogen-bond acceptors (Lipinski definition) is 3. The summed E-state index contributed by atoms with van der Waals surface area (Å²) >= 11 is 6.53. The van der Waals surface area contributed by atoms with Crippen molar-refractivity contribution in [3.8, 4) is 22.6 Å². The molecule has 5 nitrogen and oxygen atoms in total. The number of carboxylic acid groups (broad SMARTS) is 1. The maximum atomic E-state index is 13.7. The summed E-state index contributed by atoms with van der Waals surface area (Å²) in [6.45, 7) is -0.110. The van der Waals surface area contributed by atoms with Gasteiger partial charge in [0, 0.05) is 18.7 Å². The van der Waals surface area contributed by atoms with Crippen LogP contribution in [0.2, 0.25) is 5.02 Å². The van der Waals surface area contributed by atoms with Crippen LogP contribution in [0, 0.1) is 0 Å². The van der Waals surface area contributed by atoms with E-state index in [0.717, 1.165) is 39.1 Å². The fraction of sp³-hybridized carbons (Fsp3) is 0.214. The Morgan fingerprint density at radius 3 is 2.69 bits per heavy atom. The largest absolute Gasteiger partial charge is 0.477 e. The molecular weight excluding hydrogens is 484 g/mol. The van der Waals surface area contributed by atoms with Gasteiger partial charge in [-0.2, -0.15) is 8.78 Å². The molecule has 0 saturated carbocycles. The first kappa shape index (κ1) is 24.2. The highest BCUT2D eigenvalue weighted by Crippen LogP contribution is 2.31. The number of H-pyrrole nitrogens is 1. The number of aromatic nitrogens is 2. The molecule has 1 aliphatic rings. The lowest BCUT2D eigenvalue weighted by Crippen LogP contribution is -2.44. The summed E-state index contributed by atoms with van der Waals surface area (Å²) in [7, 11) is 0. The first-order valence-corrected chi connectivity index (χ1v) is 12.0. The second kappa shape index (κ2) is 9.84. The number of benzene rings is 3. The fourth-order valence-corrected chi connectivity index (χ4v) is 4.91. The average molecular weight is 508 g/mol. The number of rotatable bonds is 7. The van der Waals surface area contributed by atoms with Crippen LogP contribution in [-0.4, -0.2) is 45.0 Å². The van der Waals surface area contributed by atoms with Crippen LogP contribution in [0.5, 0.6) is 0 Å². The van der Waals surface area contributed by atoms with Crippen LogP contribution in [0.15, 0.2) is 72.9 Å². The van der Waals surface area contributed by atoms with Gasteiger partial charge in [0.15, 0.2) is 0 Å². The van der Waals surface area contributed by atoms with Crippen molar-refractivity contribution in [3.63, 3.8) is 0 Å². The molecule has 0 amide bonds. The molecule has 5 rings (SSSR count). The van der Waals surface area contributed by atoms with Gasteiger partial charge in [-0.15, -0.1) is 0 Å². The smallest absolute Gasteiger partial charge is 0.375 e. The van der Waals surface area contributed by atoms with Crippen molar-refractivity contribution in [2.24, 2.45) is 0 Å². The third kappa shape index (κ3) is 5.03. The Bertz CT molecular complexity index is 1410. The minimum absolute atomic E-state index is 0.298. The lowest BCUT2D eigenvalue weighted by Gasteiger charge is -2.31. The summed E-state index contributed by atoms with van der Waals surface area (Å²) in [5, 5.41) is 9.36. The van der Waals surface area contributed by atoms with E-state index in [1.807, 2.05) is 60.7 Å². The summed E-state index contributed by atoms with van der Waals surface area (Å²) in [6.07, 6.45) is 3.03. The predicted octanol–water partition coefficient (Wildman–Crippen LogP) is 6.07. The number of fused-ring (bicyclic) bond motifs is 1.